The topological polar surface area (TPSA) is 110 Å². The summed E-state index contributed by atoms with van der Waals surface area (Å²) in [5.41, 5.74) is 2.55. The summed E-state index contributed by atoms with van der Waals surface area (Å²) in [7, 11) is 1.56. The third-order valence-corrected chi connectivity index (χ3v) is 5.53. The SMILES string of the molecule is COc1cc(COc2nc(-c3ccccc3)ncc2C=O)ccc1OCc1nc(-c2ccco2)oc1C. The predicted molar refractivity (Wildman–Crippen MR) is 133 cm³/mol. The molecule has 186 valence electrons. The summed E-state index contributed by atoms with van der Waals surface area (Å²) in [6.45, 7) is 2.17. The summed E-state index contributed by atoms with van der Waals surface area (Å²) in [5.74, 6) is 3.33. The molecule has 3 aromatic heterocycles. The van der Waals surface area contributed by atoms with Gasteiger partial charge in [0.05, 0.1) is 18.9 Å². The second-order valence-electron chi connectivity index (χ2n) is 8.00. The van der Waals surface area contributed by atoms with Gasteiger partial charge in [-0.15, -0.1) is 0 Å². The van der Waals surface area contributed by atoms with Gasteiger partial charge in [-0.1, -0.05) is 36.4 Å². The van der Waals surface area contributed by atoms with E-state index in [0.29, 0.717) is 46.7 Å². The first-order valence-electron chi connectivity index (χ1n) is 11.4. The van der Waals surface area contributed by atoms with Crippen molar-refractivity contribution in [2.24, 2.45) is 0 Å². The van der Waals surface area contributed by atoms with Crippen LogP contribution < -0.4 is 14.2 Å². The standard InChI is InChI=1S/C28H23N3O6/c1-18-22(30-28(37-18)24-9-6-12-34-24)17-35-23-11-10-19(13-25(23)33-2)16-36-27-21(15-32)14-29-26(31-27)20-7-4-3-5-8-20/h3-15H,16-17H2,1-2H3. The molecule has 0 bridgehead atoms. The van der Waals surface area contributed by atoms with Crippen LogP contribution in [0.25, 0.3) is 23.0 Å². The highest BCUT2D eigenvalue weighted by Gasteiger charge is 2.16. The lowest BCUT2D eigenvalue weighted by Crippen LogP contribution is -2.04. The van der Waals surface area contributed by atoms with Gasteiger partial charge in [0.15, 0.2) is 29.4 Å². The van der Waals surface area contributed by atoms with E-state index in [2.05, 4.69) is 15.0 Å². The maximum Gasteiger partial charge on any atom is 0.263 e. The Morgan fingerprint density at radius 2 is 1.81 bits per heavy atom. The zero-order chi connectivity index (χ0) is 25.6. The Bertz CT molecular complexity index is 1500. The molecular formula is C28H23N3O6. The van der Waals surface area contributed by atoms with E-state index in [1.165, 1.54) is 6.20 Å². The van der Waals surface area contributed by atoms with E-state index in [0.717, 1.165) is 11.1 Å². The van der Waals surface area contributed by atoms with Crippen LogP contribution in [-0.4, -0.2) is 28.3 Å². The molecule has 0 aliphatic carbocycles. The number of rotatable bonds is 10. The summed E-state index contributed by atoms with van der Waals surface area (Å²) >= 11 is 0. The fraction of sp³-hybridized carbons (Fsp3) is 0.143. The van der Waals surface area contributed by atoms with Gasteiger partial charge in [0, 0.05) is 11.8 Å². The molecule has 0 unspecified atom stereocenters. The van der Waals surface area contributed by atoms with Gasteiger partial charge in [-0.25, -0.2) is 9.97 Å². The molecule has 3 heterocycles. The first-order chi connectivity index (χ1) is 18.1. The molecule has 0 N–H and O–H groups in total. The van der Waals surface area contributed by atoms with Crippen molar-refractivity contribution < 1.29 is 27.8 Å². The van der Waals surface area contributed by atoms with Crippen LogP contribution in [0.5, 0.6) is 17.4 Å². The van der Waals surface area contributed by atoms with Crippen molar-refractivity contribution in [2.45, 2.75) is 20.1 Å². The van der Waals surface area contributed by atoms with Crippen molar-refractivity contribution in [1.82, 2.24) is 15.0 Å². The summed E-state index contributed by atoms with van der Waals surface area (Å²) in [4.78, 5) is 24.7. The largest absolute Gasteiger partial charge is 0.493 e. The lowest BCUT2D eigenvalue weighted by molar-refractivity contribution is 0.111. The lowest BCUT2D eigenvalue weighted by Gasteiger charge is -2.13. The summed E-state index contributed by atoms with van der Waals surface area (Å²) < 4.78 is 28.4. The predicted octanol–water partition coefficient (Wildman–Crippen LogP) is 5.68. The van der Waals surface area contributed by atoms with Crippen molar-refractivity contribution in [2.75, 3.05) is 7.11 Å². The van der Waals surface area contributed by atoms with Crippen LogP contribution >= 0.6 is 0 Å². The second kappa shape index (κ2) is 10.8. The van der Waals surface area contributed by atoms with Crippen LogP contribution in [0, 0.1) is 6.92 Å². The van der Waals surface area contributed by atoms with Gasteiger partial charge in [0.25, 0.3) is 5.89 Å². The van der Waals surface area contributed by atoms with Crippen molar-refractivity contribution in [3.05, 3.63) is 95.7 Å². The van der Waals surface area contributed by atoms with Gasteiger partial charge in [0.2, 0.25) is 5.88 Å². The van der Waals surface area contributed by atoms with Crippen molar-refractivity contribution in [3.8, 4) is 40.4 Å². The Hall–Kier alpha value is -4.92. The fourth-order valence-corrected chi connectivity index (χ4v) is 3.58. The Balaban J connectivity index is 1.28. The molecule has 0 saturated heterocycles. The van der Waals surface area contributed by atoms with Gasteiger partial charge >= 0.3 is 0 Å². The average Bonchev–Trinajstić information content (AvgIpc) is 3.61. The van der Waals surface area contributed by atoms with Crippen LogP contribution in [0.2, 0.25) is 0 Å². The molecule has 0 amide bonds. The number of aldehydes is 1. The van der Waals surface area contributed by atoms with Crippen LogP contribution in [0.4, 0.5) is 0 Å². The van der Waals surface area contributed by atoms with Crippen LogP contribution in [0.1, 0.15) is 27.4 Å². The number of aryl methyl sites for hydroxylation is 1. The number of carbonyl (C=O) groups is 1. The van der Waals surface area contributed by atoms with Crippen molar-refractivity contribution in [1.29, 1.82) is 0 Å². The highest BCUT2D eigenvalue weighted by atomic mass is 16.5. The minimum Gasteiger partial charge on any atom is -0.493 e. The van der Waals surface area contributed by atoms with E-state index in [-0.39, 0.29) is 24.7 Å². The molecule has 0 aliphatic rings. The highest BCUT2D eigenvalue weighted by molar-refractivity contribution is 5.78. The van der Waals surface area contributed by atoms with E-state index in [1.54, 1.807) is 37.6 Å². The number of methoxy groups -OCH3 is 1. The number of ether oxygens (including phenoxy) is 3. The van der Waals surface area contributed by atoms with E-state index >= 15 is 0 Å². The zero-order valence-electron chi connectivity index (χ0n) is 20.2. The summed E-state index contributed by atoms with van der Waals surface area (Å²) in [6.07, 6.45) is 3.69. The molecule has 0 spiro atoms. The van der Waals surface area contributed by atoms with Gasteiger partial charge in [-0.2, -0.15) is 4.98 Å². The van der Waals surface area contributed by atoms with E-state index in [4.69, 9.17) is 23.0 Å². The van der Waals surface area contributed by atoms with Crippen LogP contribution in [-0.2, 0) is 13.2 Å². The van der Waals surface area contributed by atoms with E-state index in [1.807, 2.05) is 43.3 Å². The normalized spacial score (nSPS) is 10.8. The quantitative estimate of drug-likeness (QED) is 0.225. The monoisotopic (exact) mass is 497 g/mol. The number of hydrogen-bond donors (Lipinski definition) is 0. The van der Waals surface area contributed by atoms with Crippen molar-refractivity contribution >= 4 is 6.29 Å². The Morgan fingerprint density at radius 1 is 0.946 bits per heavy atom. The van der Waals surface area contributed by atoms with Gasteiger partial charge in [0.1, 0.15) is 24.7 Å². The number of carbonyl (C=O) groups excluding carboxylic acids is 1. The smallest absolute Gasteiger partial charge is 0.263 e. The van der Waals surface area contributed by atoms with E-state index in [9.17, 15) is 4.79 Å². The first kappa shape index (κ1) is 23.8. The van der Waals surface area contributed by atoms with Gasteiger partial charge in [-0.05, 0) is 36.8 Å². The van der Waals surface area contributed by atoms with Crippen LogP contribution in [0.3, 0.4) is 0 Å². The Labute approximate surface area is 212 Å². The first-order valence-corrected chi connectivity index (χ1v) is 11.4. The number of hydrogen-bond acceptors (Lipinski definition) is 9. The average molecular weight is 498 g/mol. The molecule has 0 radical (unpaired) electrons. The minimum absolute atomic E-state index is 0.164. The van der Waals surface area contributed by atoms with Gasteiger partial charge < -0.3 is 23.0 Å². The molecule has 5 rings (SSSR count). The Kier molecular flexibility index (Phi) is 6.93. The second-order valence-corrected chi connectivity index (χ2v) is 8.00. The molecule has 2 aromatic carbocycles. The number of furan rings is 1. The Morgan fingerprint density at radius 3 is 2.57 bits per heavy atom. The number of benzene rings is 2. The summed E-state index contributed by atoms with van der Waals surface area (Å²) in [6, 6.07) is 18.5. The molecule has 37 heavy (non-hydrogen) atoms. The van der Waals surface area contributed by atoms with Crippen LogP contribution in [0.15, 0.2) is 82.0 Å². The lowest BCUT2D eigenvalue weighted by atomic mass is 10.2. The third-order valence-electron chi connectivity index (χ3n) is 5.53. The fourth-order valence-electron chi connectivity index (χ4n) is 3.58. The minimum atomic E-state index is 0.164. The van der Waals surface area contributed by atoms with E-state index < -0.39 is 0 Å². The molecule has 9 nitrogen and oxygen atoms in total. The summed E-state index contributed by atoms with van der Waals surface area (Å²) in [5, 5.41) is 0. The maximum atomic E-state index is 11.5. The number of oxazole rings is 1. The number of nitrogens with zero attached hydrogens (tertiary/aromatic N) is 3. The molecule has 0 saturated carbocycles. The molecule has 0 aliphatic heterocycles. The zero-order valence-corrected chi connectivity index (χ0v) is 20.2. The molecule has 5 aromatic rings. The number of aromatic nitrogens is 3. The molecule has 0 fully saturated rings. The molecule has 9 heteroatoms. The highest BCUT2D eigenvalue weighted by Crippen LogP contribution is 2.30. The molecule has 0 atom stereocenters. The maximum absolute atomic E-state index is 11.5. The van der Waals surface area contributed by atoms with Crippen molar-refractivity contribution in [3.63, 3.8) is 0 Å². The third kappa shape index (κ3) is 5.35. The molecular weight excluding hydrogens is 474 g/mol. The van der Waals surface area contributed by atoms with Gasteiger partial charge in [-0.3, -0.25) is 4.79 Å².